The van der Waals surface area contributed by atoms with Crippen LogP contribution in [0.3, 0.4) is 0 Å². The van der Waals surface area contributed by atoms with Crippen LogP contribution in [-0.2, 0) is 24.1 Å². The number of methoxy groups -OCH3 is 2. The van der Waals surface area contributed by atoms with Gasteiger partial charge in [0.25, 0.3) is 0 Å². The van der Waals surface area contributed by atoms with E-state index in [4.69, 9.17) is 9.47 Å². The number of benzene rings is 2. The summed E-state index contributed by atoms with van der Waals surface area (Å²) in [5.74, 6) is 1.48. The van der Waals surface area contributed by atoms with Gasteiger partial charge < -0.3 is 29.5 Å². The molecule has 8 heteroatoms. The lowest BCUT2D eigenvalue weighted by molar-refractivity contribution is -0.131. The quantitative estimate of drug-likeness (QED) is 0.571. The second kappa shape index (κ2) is 10.5. The molecule has 2 unspecified atom stereocenters. The van der Waals surface area contributed by atoms with Gasteiger partial charge in [-0.2, -0.15) is 0 Å². The summed E-state index contributed by atoms with van der Waals surface area (Å²) in [7, 11) is 3.22. The van der Waals surface area contributed by atoms with Crippen LogP contribution in [-0.4, -0.2) is 71.9 Å². The first-order valence-corrected chi connectivity index (χ1v) is 12.9. The molecule has 2 amide bonds. The summed E-state index contributed by atoms with van der Waals surface area (Å²) in [5, 5.41) is 20.2. The molecule has 4 rings (SSSR count). The fourth-order valence-electron chi connectivity index (χ4n) is 5.93. The second-order valence-electron chi connectivity index (χ2n) is 11.1. The van der Waals surface area contributed by atoms with Crippen molar-refractivity contribution in [3.8, 4) is 17.2 Å². The fraction of sp³-hybridized carbons (Fsp3) is 0.517. The molecule has 1 aliphatic heterocycles. The Bertz CT molecular complexity index is 1140. The fourth-order valence-corrected chi connectivity index (χ4v) is 5.93. The zero-order valence-electron chi connectivity index (χ0n) is 22.4. The van der Waals surface area contributed by atoms with Gasteiger partial charge in [-0.25, -0.2) is 4.79 Å². The average Bonchev–Trinajstić information content (AvgIpc) is 3.05. The molecule has 2 aromatic carbocycles. The third-order valence-corrected chi connectivity index (χ3v) is 7.75. The summed E-state index contributed by atoms with van der Waals surface area (Å²) in [6, 6.07) is 8.96. The number of carbonyl (C=O) groups excluding carboxylic acids is 1. The zero-order chi connectivity index (χ0) is 26.9. The maximum Gasteiger partial charge on any atom is 0.407 e. The van der Waals surface area contributed by atoms with Crippen LogP contribution in [0, 0.1) is 5.41 Å². The van der Waals surface area contributed by atoms with Crippen LogP contribution in [0.4, 0.5) is 4.79 Å². The van der Waals surface area contributed by atoms with Crippen LogP contribution in [0.2, 0.25) is 0 Å². The van der Waals surface area contributed by atoms with Crippen molar-refractivity contribution < 1.29 is 29.3 Å². The van der Waals surface area contributed by atoms with Gasteiger partial charge in [0.05, 0.1) is 14.2 Å². The highest BCUT2D eigenvalue weighted by atomic mass is 16.5. The number of ether oxygens (including phenoxy) is 2. The van der Waals surface area contributed by atoms with Crippen LogP contribution in [0.25, 0.3) is 0 Å². The largest absolute Gasteiger partial charge is 0.508 e. The monoisotopic (exact) mass is 510 g/mol. The summed E-state index contributed by atoms with van der Waals surface area (Å²) in [5.41, 5.74) is 4.06. The number of aromatic hydroxyl groups is 1. The van der Waals surface area contributed by atoms with Gasteiger partial charge in [0.15, 0.2) is 11.5 Å². The number of hydrogen-bond donors (Lipinski definition) is 2. The molecule has 37 heavy (non-hydrogen) atoms. The van der Waals surface area contributed by atoms with Crippen LogP contribution < -0.4 is 9.47 Å². The van der Waals surface area contributed by atoms with E-state index in [0.717, 1.165) is 28.7 Å². The number of hydrogen-bond acceptors (Lipinski definition) is 5. The SMILES string of the molecule is COc1cc2c(cc1OC)CCN(C(=O)CCN(C(=O)O)C(C1Cc3ccc(O)cc31)C(C)(C)C)CC2. The van der Waals surface area contributed by atoms with Crippen molar-refractivity contribution in [2.24, 2.45) is 5.41 Å². The maximum atomic E-state index is 13.3. The van der Waals surface area contributed by atoms with Gasteiger partial charge >= 0.3 is 6.09 Å². The first-order valence-electron chi connectivity index (χ1n) is 12.9. The van der Waals surface area contributed by atoms with E-state index in [9.17, 15) is 19.8 Å². The zero-order valence-corrected chi connectivity index (χ0v) is 22.4. The third-order valence-electron chi connectivity index (χ3n) is 7.75. The van der Waals surface area contributed by atoms with Crippen molar-refractivity contribution in [3.63, 3.8) is 0 Å². The molecule has 2 aromatic rings. The predicted molar refractivity (Wildman–Crippen MR) is 141 cm³/mol. The Morgan fingerprint density at radius 3 is 2.14 bits per heavy atom. The Kier molecular flexibility index (Phi) is 7.57. The molecule has 0 radical (unpaired) electrons. The number of carboxylic acid groups (broad SMARTS) is 1. The number of amides is 2. The molecule has 2 N–H and O–H groups in total. The number of rotatable bonds is 7. The van der Waals surface area contributed by atoms with Gasteiger partial charge in [-0.1, -0.05) is 26.8 Å². The van der Waals surface area contributed by atoms with E-state index >= 15 is 0 Å². The molecule has 8 nitrogen and oxygen atoms in total. The van der Waals surface area contributed by atoms with E-state index in [1.54, 1.807) is 26.4 Å². The molecule has 0 saturated heterocycles. The summed E-state index contributed by atoms with van der Waals surface area (Å²) >= 11 is 0. The molecule has 0 aromatic heterocycles. The molecule has 2 atom stereocenters. The van der Waals surface area contributed by atoms with Crippen LogP contribution in [0.15, 0.2) is 30.3 Å². The smallest absolute Gasteiger partial charge is 0.407 e. The average molecular weight is 511 g/mol. The highest BCUT2D eigenvalue weighted by molar-refractivity contribution is 5.77. The van der Waals surface area contributed by atoms with Gasteiger partial charge in [-0.15, -0.1) is 0 Å². The van der Waals surface area contributed by atoms with E-state index in [-0.39, 0.29) is 42.0 Å². The minimum Gasteiger partial charge on any atom is -0.508 e. The highest BCUT2D eigenvalue weighted by Gasteiger charge is 2.44. The maximum absolute atomic E-state index is 13.3. The first-order chi connectivity index (χ1) is 17.5. The van der Waals surface area contributed by atoms with Gasteiger partial charge in [0.1, 0.15) is 5.75 Å². The Hall–Kier alpha value is -3.42. The van der Waals surface area contributed by atoms with Crippen molar-refractivity contribution in [3.05, 3.63) is 52.6 Å². The van der Waals surface area contributed by atoms with Crippen molar-refractivity contribution in [2.75, 3.05) is 33.9 Å². The van der Waals surface area contributed by atoms with E-state index in [0.29, 0.717) is 37.4 Å². The van der Waals surface area contributed by atoms with E-state index in [2.05, 4.69) is 0 Å². The highest BCUT2D eigenvalue weighted by Crippen LogP contribution is 2.46. The summed E-state index contributed by atoms with van der Waals surface area (Å²) in [4.78, 5) is 29.0. The number of phenols is 1. The molecule has 0 bridgehead atoms. The minimum absolute atomic E-state index is 0.0223. The van der Waals surface area contributed by atoms with Crippen molar-refractivity contribution in [2.45, 2.75) is 58.4 Å². The number of nitrogens with zero attached hydrogens (tertiary/aromatic N) is 2. The van der Waals surface area contributed by atoms with Crippen LogP contribution >= 0.6 is 0 Å². The molecule has 0 fully saturated rings. The summed E-state index contributed by atoms with van der Waals surface area (Å²) in [6.45, 7) is 7.38. The van der Waals surface area contributed by atoms with Gasteiger partial charge in [0, 0.05) is 38.0 Å². The van der Waals surface area contributed by atoms with Crippen molar-refractivity contribution in [1.29, 1.82) is 0 Å². The number of phenolic OH excluding ortho intramolecular Hbond substituents is 1. The lowest BCUT2D eigenvalue weighted by Gasteiger charge is -2.48. The van der Waals surface area contributed by atoms with Crippen molar-refractivity contribution in [1.82, 2.24) is 9.80 Å². The van der Waals surface area contributed by atoms with Gasteiger partial charge in [0.2, 0.25) is 5.91 Å². The van der Waals surface area contributed by atoms with E-state index in [1.807, 2.05) is 43.9 Å². The minimum atomic E-state index is -1.02. The van der Waals surface area contributed by atoms with Gasteiger partial charge in [-0.3, -0.25) is 4.79 Å². The lowest BCUT2D eigenvalue weighted by atomic mass is 9.66. The Labute approximate surface area is 218 Å². The molecule has 200 valence electrons. The second-order valence-corrected chi connectivity index (χ2v) is 11.1. The predicted octanol–water partition coefficient (Wildman–Crippen LogP) is 4.46. The molecule has 1 heterocycles. The normalized spacial score (nSPS) is 17.5. The Morgan fingerprint density at radius 2 is 1.62 bits per heavy atom. The third kappa shape index (κ3) is 5.48. The summed E-state index contributed by atoms with van der Waals surface area (Å²) < 4.78 is 10.9. The molecule has 0 saturated carbocycles. The molecule has 1 aliphatic carbocycles. The summed E-state index contributed by atoms with van der Waals surface area (Å²) in [6.07, 6.45) is 1.27. The molecule has 0 spiro atoms. The molecule has 2 aliphatic rings. The first kappa shape index (κ1) is 26.6. The van der Waals surface area contributed by atoms with E-state index in [1.165, 1.54) is 4.90 Å². The lowest BCUT2D eigenvalue weighted by Crippen LogP contribution is -2.53. The topological polar surface area (TPSA) is 99.5 Å². The van der Waals surface area contributed by atoms with Crippen LogP contribution in [0.1, 0.15) is 55.4 Å². The van der Waals surface area contributed by atoms with E-state index < -0.39 is 6.09 Å². The number of carbonyl (C=O) groups is 2. The van der Waals surface area contributed by atoms with Crippen LogP contribution in [0.5, 0.6) is 17.2 Å². The van der Waals surface area contributed by atoms with Crippen molar-refractivity contribution >= 4 is 12.0 Å². The Morgan fingerprint density at radius 1 is 1.03 bits per heavy atom. The molecular formula is C29H38N2O6. The Balaban J connectivity index is 1.46. The number of fused-ring (bicyclic) bond motifs is 2. The standard InChI is InChI=1S/C29H38N2O6/c1-29(2,3)27(23-14-20-6-7-21(32)17-22(20)23)31(28(34)35)13-10-26(33)30-11-8-18-15-24(36-4)25(37-5)16-19(18)9-12-30/h6-7,15-17,23,27,32H,8-14H2,1-5H3,(H,34,35). The van der Waals surface area contributed by atoms with Gasteiger partial charge in [-0.05, 0) is 71.2 Å². The molecular weight excluding hydrogens is 472 g/mol.